The number of nitrogens with zero attached hydrogens (tertiary/aromatic N) is 3. The molecule has 146 valence electrons. The van der Waals surface area contributed by atoms with Crippen molar-refractivity contribution < 1.29 is 5.11 Å². The average molecular weight is 398 g/mol. The van der Waals surface area contributed by atoms with Gasteiger partial charge in [0.1, 0.15) is 5.15 Å². The van der Waals surface area contributed by atoms with Crippen molar-refractivity contribution in [2.45, 2.75) is 58.1 Å². The molecule has 6 heteroatoms. The topological polar surface area (TPSA) is 68.0 Å². The molecule has 2 atom stereocenters. The van der Waals surface area contributed by atoms with E-state index < -0.39 is 6.10 Å². The molecule has 0 spiro atoms. The molecule has 0 radical (unpaired) electrons. The molecule has 2 aromatic heterocycles. The van der Waals surface area contributed by atoms with Crippen LogP contribution in [0.2, 0.25) is 5.15 Å². The zero-order valence-electron chi connectivity index (χ0n) is 16.2. The van der Waals surface area contributed by atoms with E-state index in [1.54, 1.807) is 17.1 Å². The lowest BCUT2D eigenvalue weighted by atomic mass is 9.92. The number of aryl methyl sites for hydroxylation is 1. The Morgan fingerprint density at radius 1 is 1.18 bits per heavy atom. The number of fused-ring (bicyclic) bond motifs is 1. The predicted molar refractivity (Wildman–Crippen MR) is 111 cm³/mol. The summed E-state index contributed by atoms with van der Waals surface area (Å²) in [6.07, 6.45) is 7.05. The molecule has 1 aliphatic rings. The van der Waals surface area contributed by atoms with Crippen LogP contribution >= 0.6 is 11.6 Å². The van der Waals surface area contributed by atoms with Crippen LogP contribution in [0.15, 0.2) is 35.5 Å². The molecule has 1 N–H and O–H groups in total. The molecule has 4 rings (SSSR count). The highest BCUT2D eigenvalue weighted by molar-refractivity contribution is 6.29. The fourth-order valence-corrected chi connectivity index (χ4v) is 4.42. The van der Waals surface area contributed by atoms with Gasteiger partial charge in [0.25, 0.3) is 5.56 Å². The Labute approximate surface area is 169 Å². The Hall–Kier alpha value is -2.24. The molecule has 0 saturated heterocycles. The van der Waals surface area contributed by atoms with Crippen LogP contribution in [0.4, 0.5) is 0 Å². The number of pyridine rings is 1. The Morgan fingerprint density at radius 3 is 2.71 bits per heavy atom. The second-order valence-corrected chi connectivity index (χ2v) is 8.11. The van der Waals surface area contributed by atoms with Gasteiger partial charge in [-0.05, 0) is 73.6 Å². The van der Waals surface area contributed by atoms with E-state index in [0.717, 1.165) is 53.5 Å². The van der Waals surface area contributed by atoms with Gasteiger partial charge >= 0.3 is 0 Å². The van der Waals surface area contributed by atoms with Crippen LogP contribution in [0.25, 0.3) is 10.9 Å². The summed E-state index contributed by atoms with van der Waals surface area (Å²) < 4.78 is 1.63. The number of aliphatic hydroxyl groups is 1. The summed E-state index contributed by atoms with van der Waals surface area (Å²) in [5.41, 5.74) is 4.93. The molecule has 3 aromatic rings. The quantitative estimate of drug-likeness (QED) is 0.675. The highest BCUT2D eigenvalue weighted by Crippen LogP contribution is 2.29. The largest absolute Gasteiger partial charge is 0.391 e. The van der Waals surface area contributed by atoms with Gasteiger partial charge in [-0.3, -0.25) is 9.36 Å². The van der Waals surface area contributed by atoms with Gasteiger partial charge in [0.2, 0.25) is 0 Å². The zero-order chi connectivity index (χ0) is 19.8. The minimum Gasteiger partial charge on any atom is -0.391 e. The maximum absolute atomic E-state index is 13.3. The molecule has 2 heterocycles. The monoisotopic (exact) mass is 397 g/mol. The smallest absolute Gasteiger partial charge is 0.261 e. The lowest BCUT2D eigenvalue weighted by Crippen LogP contribution is -2.34. The summed E-state index contributed by atoms with van der Waals surface area (Å²) in [6.45, 7) is 4.07. The fraction of sp³-hybridized carbons (Fsp3) is 0.409. The zero-order valence-corrected chi connectivity index (χ0v) is 16.9. The first-order valence-corrected chi connectivity index (χ1v) is 10.1. The number of hydrogen-bond donors (Lipinski definition) is 1. The summed E-state index contributed by atoms with van der Waals surface area (Å²) in [5.74, 6) is 0. The van der Waals surface area contributed by atoms with Crippen molar-refractivity contribution in [1.29, 1.82) is 0 Å². The van der Waals surface area contributed by atoms with Crippen LogP contribution in [0.3, 0.4) is 0 Å². The number of hydrogen-bond acceptors (Lipinski definition) is 4. The van der Waals surface area contributed by atoms with Crippen LogP contribution in [0, 0.1) is 13.8 Å². The SMILES string of the molecule is Cc1c(Cc2ccnc(Cl)c2)cc2c(=O)n([C@@H]3CCCC[C@H]3O)cnc2c1C. The number of aromatic nitrogens is 3. The standard InChI is InChI=1S/C22H24ClN3O2/c1-13-14(2)21-17(11-16(13)9-15-7-8-24-20(23)10-15)22(28)26(12-25-21)18-5-3-4-6-19(18)27/h7-8,10-12,18-19,27H,3-6,9H2,1-2H3/t18-,19-/m1/s1. The van der Waals surface area contributed by atoms with Gasteiger partial charge in [-0.1, -0.05) is 24.4 Å². The molecule has 5 nitrogen and oxygen atoms in total. The predicted octanol–water partition coefficient (Wildman–Crippen LogP) is 4.13. The third kappa shape index (κ3) is 3.45. The molecular weight excluding hydrogens is 374 g/mol. The Bertz CT molecular complexity index is 1090. The van der Waals surface area contributed by atoms with E-state index in [2.05, 4.69) is 16.9 Å². The summed E-state index contributed by atoms with van der Waals surface area (Å²) >= 11 is 6.02. The van der Waals surface area contributed by atoms with E-state index in [-0.39, 0.29) is 11.6 Å². The highest BCUT2D eigenvalue weighted by Gasteiger charge is 2.26. The van der Waals surface area contributed by atoms with Crippen molar-refractivity contribution in [3.63, 3.8) is 0 Å². The summed E-state index contributed by atoms with van der Waals surface area (Å²) in [5, 5.41) is 11.5. The number of benzene rings is 1. The molecule has 1 fully saturated rings. The maximum atomic E-state index is 13.3. The third-order valence-electron chi connectivity index (χ3n) is 5.99. The van der Waals surface area contributed by atoms with Crippen molar-refractivity contribution >= 4 is 22.5 Å². The third-order valence-corrected chi connectivity index (χ3v) is 6.19. The number of rotatable bonds is 3. The highest BCUT2D eigenvalue weighted by atomic mass is 35.5. The number of aliphatic hydroxyl groups excluding tert-OH is 1. The summed E-state index contributed by atoms with van der Waals surface area (Å²) in [4.78, 5) is 21.9. The van der Waals surface area contributed by atoms with Crippen molar-refractivity contribution in [2.24, 2.45) is 0 Å². The molecule has 0 bridgehead atoms. The van der Waals surface area contributed by atoms with Crippen molar-refractivity contribution in [3.05, 3.63) is 68.5 Å². The van der Waals surface area contributed by atoms with E-state index >= 15 is 0 Å². The Balaban J connectivity index is 1.83. The van der Waals surface area contributed by atoms with Crippen LogP contribution in [0.5, 0.6) is 0 Å². The van der Waals surface area contributed by atoms with E-state index in [1.807, 2.05) is 25.1 Å². The molecule has 1 saturated carbocycles. The van der Waals surface area contributed by atoms with Gasteiger partial charge in [-0.2, -0.15) is 0 Å². The van der Waals surface area contributed by atoms with Gasteiger partial charge in [0.15, 0.2) is 0 Å². The molecular formula is C22H24ClN3O2. The molecule has 1 aliphatic carbocycles. The minimum absolute atomic E-state index is 0.0759. The lowest BCUT2D eigenvalue weighted by Gasteiger charge is -2.29. The molecule has 0 amide bonds. The maximum Gasteiger partial charge on any atom is 0.261 e. The fourth-order valence-electron chi connectivity index (χ4n) is 4.22. The second kappa shape index (κ2) is 7.64. The Morgan fingerprint density at radius 2 is 1.96 bits per heavy atom. The average Bonchev–Trinajstić information content (AvgIpc) is 2.67. The van der Waals surface area contributed by atoms with Crippen LogP contribution in [0.1, 0.15) is 54.0 Å². The normalized spacial score (nSPS) is 19.9. The minimum atomic E-state index is -0.490. The van der Waals surface area contributed by atoms with Crippen molar-refractivity contribution in [1.82, 2.24) is 14.5 Å². The van der Waals surface area contributed by atoms with E-state index in [1.165, 1.54) is 0 Å². The second-order valence-electron chi connectivity index (χ2n) is 7.72. The van der Waals surface area contributed by atoms with Crippen molar-refractivity contribution in [2.75, 3.05) is 0 Å². The van der Waals surface area contributed by atoms with Crippen LogP contribution in [-0.2, 0) is 6.42 Å². The van der Waals surface area contributed by atoms with Gasteiger partial charge in [-0.25, -0.2) is 9.97 Å². The van der Waals surface area contributed by atoms with Crippen LogP contribution < -0.4 is 5.56 Å². The van der Waals surface area contributed by atoms with E-state index in [4.69, 9.17) is 11.6 Å². The molecule has 1 aromatic carbocycles. The van der Waals surface area contributed by atoms with E-state index in [9.17, 15) is 9.90 Å². The first-order chi connectivity index (χ1) is 13.5. The number of halogens is 1. The molecule has 0 unspecified atom stereocenters. The van der Waals surface area contributed by atoms with Gasteiger partial charge in [-0.15, -0.1) is 0 Å². The molecule has 28 heavy (non-hydrogen) atoms. The summed E-state index contributed by atoms with van der Waals surface area (Å²) in [6, 6.07) is 5.54. The van der Waals surface area contributed by atoms with Crippen LogP contribution in [-0.4, -0.2) is 25.7 Å². The summed E-state index contributed by atoms with van der Waals surface area (Å²) in [7, 11) is 0. The first-order valence-electron chi connectivity index (χ1n) is 9.74. The van der Waals surface area contributed by atoms with Gasteiger partial charge in [0, 0.05) is 6.20 Å². The lowest BCUT2D eigenvalue weighted by molar-refractivity contribution is 0.0735. The van der Waals surface area contributed by atoms with E-state index in [0.29, 0.717) is 17.0 Å². The van der Waals surface area contributed by atoms with Gasteiger partial charge < -0.3 is 5.11 Å². The Kier molecular flexibility index (Phi) is 5.21. The van der Waals surface area contributed by atoms with Gasteiger partial charge in [0.05, 0.1) is 29.4 Å². The molecule has 0 aliphatic heterocycles. The first kappa shape index (κ1) is 19.1. The van der Waals surface area contributed by atoms with Crippen molar-refractivity contribution in [3.8, 4) is 0 Å².